The van der Waals surface area contributed by atoms with E-state index in [9.17, 15) is 4.79 Å². The van der Waals surface area contributed by atoms with E-state index in [1.807, 2.05) is 54.5 Å². The molecule has 7 nitrogen and oxygen atoms in total. The maximum atomic E-state index is 13.3. The largest absolute Gasteiger partial charge is 0.365 e. The van der Waals surface area contributed by atoms with Crippen molar-refractivity contribution in [3.05, 3.63) is 59.4 Å². The highest BCUT2D eigenvalue weighted by Crippen LogP contribution is 2.24. The van der Waals surface area contributed by atoms with Gasteiger partial charge in [-0.25, -0.2) is 0 Å². The lowest BCUT2D eigenvalue weighted by atomic mass is 10.1. The summed E-state index contributed by atoms with van der Waals surface area (Å²) < 4.78 is 7.18. The van der Waals surface area contributed by atoms with Crippen LogP contribution in [-0.2, 0) is 0 Å². The number of piperazine rings is 1. The monoisotopic (exact) mass is 379 g/mol. The Labute approximate surface area is 164 Å². The number of aromatic nitrogens is 3. The number of pyridine rings is 1. The number of carbonyl (C=O) groups excluding carboxylic acids is 1. The maximum Gasteiger partial charge on any atom is 0.255 e. The minimum Gasteiger partial charge on any atom is -0.365 e. The van der Waals surface area contributed by atoms with E-state index in [2.05, 4.69) is 22.0 Å². The van der Waals surface area contributed by atoms with Gasteiger partial charge in [0.1, 0.15) is 5.76 Å². The zero-order valence-electron chi connectivity index (χ0n) is 16.7. The second-order valence-corrected chi connectivity index (χ2v) is 7.41. The first-order chi connectivity index (χ1) is 13.5. The van der Waals surface area contributed by atoms with Gasteiger partial charge in [0.25, 0.3) is 5.91 Å². The second-order valence-electron chi connectivity index (χ2n) is 7.41. The lowest BCUT2D eigenvalue weighted by Crippen LogP contribution is -2.53. The van der Waals surface area contributed by atoms with Crippen LogP contribution < -0.4 is 4.90 Å². The van der Waals surface area contributed by atoms with Gasteiger partial charge >= 0.3 is 0 Å². The van der Waals surface area contributed by atoms with Crippen molar-refractivity contribution in [2.75, 3.05) is 24.5 Å². The molecular formula is C21H25N5O2. The van der Waals surface area contributed by atoms with Crippen LogP contribution >= 0.6 is 0 Å². The summed E-state index contributed by atoms with van der Waals surface area (Å²) in [5.41, 5.74) is 3.73. The fourth-order valence-corrected chi connectivity index (χ4v) is 4.02. The molecule has 1 unspecified atom stereocenters. The molecular weight excluding hydrogens is 354 g/mol. The Morgan fingerprint density at radius 3 is 2.54 bits per heavy atom. The van der Waals surface area contributed by atoms with Crippen molar-refractivity contribution in [1.82, 2.24) is 19.6 Å². The van der Waals surface area contributed by atoms with E-state index < -0.39 is 0 Å². The molecule has 146 valence electrons. The third-order valence-corrected chi connectivity index (χ3v) is 5.42. The SMILES string of the molecule is Cc1cc(-n2c(C)cc(C(=O)N3CCN(c4ccncc4)C(C)C3)c2C)no1. The molecule has 0 aliphatic carbocycles. The number of amides is 1. The highest BCUT2D eigenvalue weighted by Gasteiger charge is 2.29. The number of hydrogen-bond acceptors (Lipinski definition) is 5. The molecule has 0 aromatic carbocycles. The van der Waals surface area contributed by atoms with Crippen molar-refractivity contribution >= 4 is 11.6 Å². The summed E-state index contributed by atoms with van der Waals surface area (Å²) in [6.45, 7) is 10.1. The van der Waals surface area contributed by atoms with Crippen LogP contribution in [0.2, 0.25) is 0 Å². The van der Waals surface area contributed by atoms with Gasteiger partial charge in [0.15, 0.2) is 5.82 Å². The second kappa shape index (κ2) is 7.14. The number of hydrogen-bond donors (Lipinski definition) is 0. The van der Waals surface area contributed by atoms with Crippen molar-refractivity contribution in [1.29, 1.82) is 0 Å². The summed E-state index contributed by atoms with van der Waals surface area (Å²) in [4.78, 5) is 21.6. The van der Waals surface area contributed by atoms with E-state index in [4.69, 9.17) is 4.52 Å². The third-order valence-electron chi connectivity index (χ3n) is 5.42. The van der Waals surface area contributed by atoms with E-state index in [1.165, 1.54) is 0 Å². The van der Waals surface area contributed by atoms with Crippen molar-refractivity contribution < 1.29 is 9.32 Å². The molecule has 1 amide bonds. The maximum absolute atomic E-state index is 13.3. The van der Waals surface area contributed by atoms with Gasteiger partial charge < -0.3 is 14.3 Å². The molecule has 28 heavy (non-hydrogen) atoms. The topological polar surface area (TPSA) is 67.4 Å². The molecule has 4 rings (SSSR count). The van der Waals surface area contributed by atoms with Gasteiger partial charge in [0, 0.05) is 61.2 Å². The lowest BCUT2D eigenvalue weighted by Gasteiger charge is -2.41. The predicted molar refractivity (Wildman–Crippen MR) is 107 cm³/mol. The van der Waals surface area contributed by atoms with Crippen LogP contribution in [0.3, 0.4) is 0 Å². The first kappa shape index (κ1) is 18.3. The summed E-state index contributed by atoms with van der Waals surface area (Å²) >= 11 is 0. The molecule has 1 aliphatic rings. The van der Waals surface area contributed by atoms with E-state index in [-0.39, 0.29) is 11.9 Å². The van der Waals surface area contributed by atoms with Gasteiger partial charge in [0.05, 0.1) is 5.56 Å². The summed E-state index contributed by atoms with van der Waals surface area (Å²) in [7, 11) is 0. The van der Waals surface area contributed by atoms with Crippen LogP contribution in [0.4, 0.5) is 5.69 Å². The Kier molecular flexibility index (Phi) is 4.66. The number of carbonyl (C=O) groups is 1. The number of rotatable bonds is 3. The molecule has 0 radical (unpaired) electrons. The smallest absolute Gasteiger partial charge is 0.255 e. The zero-order chi connectivity index (χ0) is 19.8. The quantitative estimate of drug-likeness (QED) is 0.699. The van der Waals surface area contributed by atoms with Gasteiger partial charge in [-0.1, -0.05) is 5.16 Å². The Bertz CT molecular complexity index is 992. The molecule has 1 aliphatic heterocycles. The van der Waals surface area contributed by atoms with Gasteiger partial charge in [0.2, 0.25) is 0 Å². The van der Waals surface area contributed by atoms with E-state index in [0.717, 1.165) is 34.9 Å². The summed E-state index contributed by atoms with van der Waals surface area (Å²) in [5, 5.41) is 4.10. The predicted octanol–water partition coefficient (Wildman–Crippen LogP) is 3.14. The van der Waals surface area contributed by atoms with Gasteiger partial charge in [-0.05, 0) is 45.9 Å². The molecule has 0 saturated carbocycles. The van der Waals surface area contributed by atoms with Crippen LogP contribution in [0.1, 0.15) is 34.4 Å². The molecule has 4 heterocycles. The molecule has 1 saturated heterocycles. The molecule has 0 bridgehead atoms. The molecule has 0 N–H and O–H groups in total. The normalized spacial score (nSPS) is 17.2. The Balaban J connectivity index is 1.55. The highest BCUT2D eigenvalue weighted by molar-refractivity contribution is 5.96. The third kappa shape index (κ3) is 3.17. The molecule has 0 spiro atoms. The van der Waals surface area contributed by atoms with Crippen molar-refractivity contribution in [2.24, 2.45) is 0 Å². The average molecular weight is 379 g/mol. The first-order valence-electron chi connectivity index (χ1n) is 9.54. The Morgan fingerprint density at radius 2 is 1.89 bits per heavy atom. The number of aryl methyl sites for hydroxylation is 2. The van der Waals surface area contributed by atoms with Gasteiger partial charge in [-0.3, -0.25) is 14.3 Å². The van der Waals surface area contributed by atoms with Gasteiger partial charge in [-0.15, -0.1) is 0 Å². The van der Waals surface area contributed by atoms with Crippen LogP contribution in [0.15, 0.2) is 41.2 Å². The number of anilines is 1. The standard InChI is InChI=1S/C21H25N5O2/c1-14-11-19(17(4)26(14)20-12-16(3)28-23-20)21(27)24-9-10-25(15(2)13-24)18-5-7-22-8-6-18/h5-8,11-12,15H,9-10,13H2,1-4H3. The molecule has 3 aromatic rings. The summed E-state index contributed by atoms with van der Waals surface area (Å²) in [5.74, 6) is 1.53. The van der Waals surface area contributed by atoms with Crippen molar-refractivity contribution in [3.63, 3.8) is 0 Å². The summed E-state index contributed by atoms with van der Waals surface area (Å²) in [6, 6.07) is 8.09. The zero-order valence-corrected chi connectivity index (χ0v) is 16.7. The highest BCUT2D eigenvalue weighted by atomic mass is 16.5. The van der Waals surface area contributed by atoms with Crippen LogP contribution in [0, 0.1) is 20.8 Å². The van der Waals surface area contributed by atoms with E-state index >= 15 is 0 Å². The minimum absolute atomic E-state index is 0.0702. The first-order valence-corrected chi connectivity index (χ1v) is 9.54. The molecule has 1 atom stereocenters. The molecule has 3 aromatic heterocycles. The molecule has 7 heteroatoms. The van der Waals surface area contributed by atoms with Crippen molar-refractivity contribution in [3.8, 4) is 5.82 Å². The van der Waals surface area contributed by atoms with Crippen LogP contribution in [-0.4, -0.2) is 51.2 Å². The van der Waals surface area contributed by atoms with Crippen LogP contribution in [0.25, 0.3) is 5.82 Å². The molecule has 1 fully saturated rings. The minimum atomic E-state index is 0.0702. The number of nitrogens with zero attached hydrogens (tertiary/aromatic N) is 5. The van der Waals surface area contributed by atoms with Gasteiger partial charge in [-0.2, -0.15) is 0 Å². The fourth-order valence-electron chi connectivity index (χ4n) is 4.02. The van der Waals surface area contributed by atoms with Crippen molar-refractivity contribution in [2.45, 2.75) is 33.7 Å². The van der Waals surface area contributed by atoms with E-state index in [0.29, 0.717) is 18.9 Å². The van der Waals surface area contributed by atoms with E-state index in [1.54, 1.807) is 12.4 Å². The fraction of sp³-hybridized carbons (Fsp3) is 0.381. The summed E-state index contributed by atoms with van der Waals surface area (Å²) in [6.07, 6.45) is 3.61. The Morgan fingerprint density at radius 1 is 1.14 bits per heavy atom. The average Bonchev–Trinajstić information content (AvgIpc) is 3.24. The lowest BCUT2D eigenvalue weighted by molar-refractivity contribution is 0.0725. The Hall–Kier alpha value is -3.09. The van der Waals surface area contributed by atoms with Crippen LogP contribution in [0.5, 0.6) is 0 Å².